The Bertz CT molecular complexity index is 238. The molecule has 1 fully saturated rings. The van der Waals surface area contributed by atoms with Gasteiger partial charge in [-0.15, -0.1) is 0 Å². The van der Waals surface area contributed by atoms with E-state index < -0.39 is 0 Å². The van der Waals surface area contributed by atoms with Gasteiger partial charge >= 0.3 is 0 Å². The molecule has 0 aromatic rings. The lowest BCUT2D eigenvalue weighted by Gasteiger charge is -2.36. The Kier molecular flexibility index (Phi) is 5.24. The molecule has 1 aliphatic rings. The van der Waals surface area contributed by atoms with E-state index in [2.05, 4.69) is 30.1 Å². The third kappa shape index (κ3) is 3.77. The number of nitrogens with one attached hydrogen (secondary N) is 1. The van der Waals surface area contributed by atoms with Crippen LogP contribution in [-0.2, 0) is 0 Å². The van der Waals surface area contributed by atoms with Gasteiger partial charge in [-0.05, 0) is 45.3 Å². The van der Waals surface area contributed by atoms with Crippen LogP contribution in [0.4, 0.5) is 0 Å². The molecule has 16 heavy (non-hydrogen) atoms. The fourth-order valence-electron chi connectivity index (χ4n) is 2.52. The molecule has 1 unspecified atom stereocenters. The van der Waals surface area contributed by atoms with Crippen LogP contribution in [0.3, 0.4) is 0 Å². The number of hydrogen-bond donors (Lipinski definition) is 1. The summed E-state index contributed by atoms with van der Waals surface area (Å²) in [7, 11) is 0. The van der Waals surface area contributed by atoms with Crippen LogP contribution >= 0.6 is 0 Å². The van der Waals surface area contributed by atoms with Crippen LogP contribution in [0, 0.1) is 17.2 Å². The number of rotatable bonds is 5. The summed E-state index contributed by atoms with van der Waals surface area (Å²) < 4.78 is 0. The highest BCUT2D eigenvalue weighted by molar-refractivity contribution is 5.05. The molecule has 0 aliphatic carbocycles. The molecule has 0 amide bonds. The van der Waals surface area contributed by atoms with Gasteiger partial charge in [-0.1, -0.05) is 20.3 Å². The fraction of sp³-hybridized carbons (Fsp3) is 0.923. The van der Waals surface area contributed by atoms with Crippen molar-refractivity contribution in [3.63, 3.8) is 0 Å². The van der Waals surface area contributed by atoms with E-state index in [1.165, 1.54) is 19.3 Å². The van der Waals surface area contributed by atoms with Crippen molar-refractivity contribution in [3.05, 3.63) is 0 Å². The van der Waals surface area contributed by atoms with Gasteiger partial charge in [0.05, 0.1) is 6.07 Å². The molecular formula is C13H25N3. The summed E-state index contributed by atoms with van der Waals surface area (Å²) in [4.78, 5) is 2.43. The maximum atomic E-state index is 9.21. The first kappa shape index (κ1) is 13.5. The zero-order valence-corrected chi connectivity index (χ0v) is 10.9. The molecule has 0 spiro atoms. The van der Waals surface area contributed by atoms with Gasteiger partial charge in [-0.3, -0.25) is 5.32 Å². The third-order valence-corrected chi connectivity index (χ3v) is 3.64. The van der Waals surface area contributed by atoms with Crippen molar-refractivity contribution in [1.82, 2.24) is 10.2 Å². The summed E-state index contributed by atoms with van der Waals surface area (Å²) in [5, 5.41) is 12.5. The molecule has 0 radical (unpaired) electrons. The van der Waals surface area contributed by atoms with Crippen LogP contribution < -0.4 is 5.32 Å². The average Bonchev–Trinajstić information content (AvgIpc) is 2.30. The minimum absolute atomic E-state index is 0.381. The lowest BCUT2D eigenvalue weighted by Crippen LogP contribution is -2.51. The van der Waals surface area contributed by atoms with E-state index in [4.69, 9.17) is 0 Å². The summed E-state index contributed by atoms with van der Waals surface area (Å²) in [6.45, 7) is 10.4. The molecule has 1 saturated heterocycles. The smallest absolute Gasteiger partial charge is 0.116 e. The maximum Gasteiger partial charge on any atom is 0.116 e. The van der Waals surface area contributed by atoms with Gasteiger partial charge in [0.1, 0.15) is 5.54 Å². The number of nitrogens with zero attached hydrogens (tertiary/aromatic N) is 2. The third-order valence-electron chi connectivity index (χ3n) is 3.64. The predicted octanol–water partition coefficient (Wildman–Crippen LogP) is 2.00. The van der Waals surface area contributed by atoms with Crippen LogP contribution in [0.1, 0.15) is 40.0 Å². The molecule has 1 heterocycles. The average molecular weight is 223 g/mol. The monoisotopic (exact) mass is 223 g/mol. The minimum atomic E-state index is -0.381. The van der Waals surface area contributed by atoms with Crippen LogP contribution in [0.5, 0.6) is 0 Å². The second kappa shape index (κ2) is 6.22. The Balaban J connectivity index is 2.40. The summed E-state index contributed by atoms with van der Waals surface area (Å²) in [6, 6.07) is 2.40. The molecule has 92 valence electrons. The fourth-order valence-corrected chi connectivity index (χ4v) is 2.52. The zero-order chi connectivity index (χ0) is 12.0. The summed E-state index contributed by atoms with van der Waals surface area (Å²) >= 11 is 0. The van der Waals surface area contributed by atoms with Gasteiger partial charge in [0.2, 0.25) is 0 Å². The van der Waals surface area contributed by atoms with Gasteiger partial charge in [0.15, 0.2) is 0 Å². The van der Waals surface area contributed by atoms with Crippen molar-refractivity contribution < 1.29 is 0 Å². The largest absolute Gasteiger partial charge is 0.300 e. The maximum absolute atomic E-state index is 9.21. The minimum Gasteiger partial charge on any atom is -0.300 e. The van der Waals surface area contributed by atoms with Gasteiger partial charge in [-0.25, -0.2) is 0 Å². The summed E-state index contributed by atoms with van der Waals surface area (Å²) in [5.74, 6) is 0.906. The number of likely N-dealkylation sites (N-methyl/N-ethyl adjacent to an activating group) is 1. The molecule has 1 atom stereocenters. The topological polar surface area (TPSA) is 39.1 Å². The lowest BCUT2D eigenvalue weighted by molar-refractivity contribution is 0.154. The van der Waals surface area contributed by atoms with E-state index in [0.29, 0.717) is 0 Å². The summed E-state index contributed by atoms with van der Waals surface area (Å²) in [6.07, 6.45) is 3.89. The first-order valence-corrected chi connectivity index (χ1v) is 6.52. The molecule has 1 N–H and O–H groups in total. The van der Waals surface area contributed by atoms with Crippen LogP contribution in [-0.4, -0.2) is 36.6 Å². The Hall–Kier alpha value is -0.590. The van der Waals surface area contributed by atoms with Crippen molar-refractivity contribution >= 4 is 0 Å². The first-order chi connectivity index (χ1) is 7.63. The van der Waals surface area contributed by atoms with Crippen molar-refractivity contribution in [2.45, 2.75) is 45.6 Å². The van der Waals surface area contributed by atoms with Crippen LogP contribution in [0.2, 0.25) is 0 Å². The molecule has 0 aromatic heterocycles. The summed E-state index contributed by atoms with van der Waals surface area (Å²) in [5.41, 5.74) is -0.381. The lowest BCUT2D eigenvalue weighted by atomic mass is 9.93. The molecule has 0 saturated carbocycles. The van der Waals surface area contributed by atoms with Gasteiger partial charge in [0.25, 0.3) is 0 Å². The van der Waals surface area contributed by atoms with Gasteiger partial charge in [0, 0.05) is 6.54 Å². The highest BCUT2D eigenvalue weighted by atomic mass is 15.2. The van der Waals surface area contributed by atoms with Crippen molar-refractivity contribution in [2.24, 2.45) is 5.92 Å². The van der Waals surface area contributed by atoms with E-state index in [-0.39, 0.29) is 5.54 Å². The molecule has 1 aliphatic heterocycles. The Morgan fingerprint density at radius 2 is 2.00 bits per heavy atom. The highest BCUT2D eigenvalue weighted by Gasteiger charge is 2.27. The van der Waals surface area contributed by atoms with E-state index in [1.54, 1.807) is 0 Å². The number of piperidine rings is 1. The number of likely N-dealkylation sites (tertiary alicyclic amines) is 1. The molecule has 3 nitrogen and oxygen atoms in total. The first-order valence-electron chi connectivity index (χ1n) is 6.52. The van der Waals surface area contributed by atoms with Crippen molar-refractivity contribution in [1.29, 1.82) is 5.26 Å². The molecule has 3 heteroatoms. The Morgan fingerprint density at radius 3 is 2.44 bits per heavy atom. The second-order valence-corrected chi connectivity index (χ2v) is 5.10. The molecule has 1 rings (SSSR count). The van der Waals surface area contributed by atoms with Crippen molar-refractivity contribution in [3.8, 4) is 6.07 Å². The van der Waals surface area contributed by atoms with Gasteiger partial charge < -0.3 is 4.90 Å². The second-order valence-electron chi connectivity index (χ2n) is 5.10. The predicted molar refractivity (Wildman–Crippen MR) is 67.1 cm³/mol. The Labute approximate surface area is 99.8 Å². The zero-order valence-electron chi connectivity index (χ0n) is 10.9. The van der Waals surface area contributed by atoms with Crippen molar-refractivity contribution in [2.75, 3.05) is 26.2 Å². The SMILES string of the molecule is CCNC(C)(C#N)CN1CCC(CC)CC1. The highest BCUT2D eigenvalue weighted by Crippen LogP contribution is 2.21. The van der Waals surface area contributed by atoms with Crippen LogP contribution in [0.15, 0.2) is 0 Å². The molecule has 0 aromatic carbocycles. The quantitative estimate of drug-likeness (QED) is 0.775. The molecule has 0 bridgehead atoms. The van der Waals surface area contributed by atoms with Gasteiger partial charge in [-0.2, -0.15) is 5.26 Å². The van der Waals surface area contributed by atoms with E-state index in [1.807, 2.05) is 6.92 Å². The Morgan fingerprint density at radius 1 is 1.38 bits per heavy atom. The molecular weight excluding hydrogens is 198 g/mol. The van der Waals surface area contributed by atoms with E-state index >= 15 is 0 Å². The normalized spacial score (nSPS) is 22.6. The van der Waals surface area contributed by atoms with E-state index in [0.717, 1.165) is 32.1 Å². The van der Waals surface area contributed by atoms with E-state index in [9.17, 15) is 5.26 Å². The standard InChI is InChI=1S/C13H25N3/c1-4-12-6-8-16(9-7-12)11-13(3,10-14)15-5-2/h12,15H,4-9,11H2,1-3H3. The van der Waals surface area contributed by atoms with Crippen LogP contribution in [0.25, 0.3) is 0 Å². The number of nitriles is 1. The number of hydrogen-bond acceptors (Lipinski definition) is 3.